The number of hydrogen-bond acceptors (Lipinski definition) is 4. The number of nitrogens with two attached hydrogens (primary N) is 1. The van der Waals surface area contributed by atoms with E-state index in [2.05, 4.69) is 15.2 Å². The first-order valence-corrected chi connectivity index (χ1v) is 6.30. The molecule has 2 heterocycles. The third-order valence-corrected chi connectivity index (χ3v) is 3.20. The minimum absolute atomic E-state index is 0.0345. The van der Waals surface area contributed by atoms with Gasteiger partial charge in [-0.25, -0.2) is 0 Å². The van der Waals surface area contributed by atoms with Gasteiger partial charge in [0.15, 0.2) is 0 Å². The van der Waals surface area contributed by atoms with Crippen LogP contribution in [0, 0.1) is 0 Å². The van der Waals surface area contributed by atoms with Crippen LogP contribution in [0.15, 0.2) is 18.3 Å². The molecule has 0 saturated carbocycles. The van der Waals surface area contributed by atoms with Gasteiger partial charge in [-0.2, -0.15) is 0 Å². The van der Waals surface area contributed by atoms with Crippen LogP contribution in [0.2, 0.25) is 0 Å². The van der Waals surface area contributed by atoms with Gasteiger partial charge >= 0.3 is 0 Å². The number of pyridine rings is 1. The average molecular weight is 248 g/mol. The Morgan fingerprint density at radius 3 is 2.94 bits per heavy atom. The van der Waals surface area contributed by atoms with E-state index < -0.39 is 0 Å². The van der Waals surface area contributed by atoms with Crippen molar-refractivity contribution in [3.63, 3.8) is 0 Å². The molecule has 1 aromatic rings. The molecule has 5 heteroatoms. The molecule has 5 nitrogen and oxygen atoms in total. The van der Waals surface area contributed by atoms with Crippen LogP contribution >= 0.6 is 0 Å². The van der Waals surface area contributed by atoms with Crippen LogP contribution in [0.25, 0.3) is 0 Å². The fraction of sp³-hybridized carbons (Fsp3) is 0.538. The number of carbonyl (C=O) groups excluding carboxylic acids is 1. The van der Waals surface area contributed by atoms with Crippen molar-refractivity contribution in [1.29, 1.82) is 0 Å². The fourth-order valence-corrected chi connectivity index (χ4v) is 2.25. The van der Waals surface area contributed by atoms with E-state index in [1.165, 1.54) is 0 Å². The van der Waals surface area contributed by atoms with E-state index in [9.17, 15) is 4.79 Å². The lowest BCUT2D eigenvalue weighted by atomic mass is 10.2. The Morgan fingerprint density at radius 2 is 2.39 bits per heavy atom. The van der Waals surface area contributed by atoms with Crippen molar-refractivity contribution in [2.75, 3.05) is 18.0 Å². The zero-order valence-electron chi connectivity index (χ0n) is 10.9. The maximum atomic E-state index is 11.0. The van der Waals surface area contributed by atoms with Gasteiger partial charge in [0.05, 0.1) is 17.6 Å². The minimum atomic E-state index is -0.0373. The summed E-state index contributed by atoms with van der Waals surface area (Å²) < 4.78 is 0. The Morgan fingerprint density at radius 1 is 1.61 bits per heavy atom. The predicted octanol–water partition coefficient (Wildman–Crippen LogP) is 0.816. The van der Waals surface area contributed by atoms with Gasteiger partial charge in [0, 0.05) is 32.1 Å². The van der Waals surface area contributed by atoms with E-state index in [4.69, 9.17) is 5.73 Å². The highest BCUT2D eigenvalue weighted by atomic mass is 16.1. The maximum absolute atomic E-state index is 11.0. The number of nitrogens with one attached hydrogen (secondary N) is 1. The van der Waals surface area contributed by atoms with E-state index in [1.54, 1.807) is 6.92 Å². The number of nitrogens with zero attached hydrogens (tertiary/aromatic N) is 2. The monoisotopic (exact) mass is 248 g/mol. The van der Waals surface area contributed by atoms with Gasteiger partial charge < -0.3 is 16.0 Å². The molecule has 0 aliphatic carbocycles. The van der Waals surface area contributed by atoms with Crippen molar-refractivity contribution in [2.45, 2.75) is 32.4 Å². The third kappa shape index (κ3) is 2.98. The van der Waals surface area contributed by atoms with Gasteiger partial charge in [-0.05, 0) is 25.5 Å². The van der Waals surface area contributed by atoms with E-state index in [0.717, 1.165) is 30.9 Å². The Hall–Kier alpha value is -1.62. The molecule has 98 valence electrons. The summed E-state index contributed by atoms with van der Waals surface area (Å²) in [7, 11) is 0. The zero-order valence-corrected chi connectivity index (χ0v) is 10.9. The van der Waals surface area contributed by atoms with Crippen LogP contribution in [-0.2, 0) is 4.79 Å². The molecule has 3 N–H and O–H groups in total. The molecule has 1 aliphatic rings. The number of aromatic nitrogens is 1. The van der Waals surface area contributed by atoms with Gasteiger partial charge in [0.2, 0.25) is 5.91 Å². The number of rotatable bonds is 3. The predicted molar refractivity (Wildman–Crippen MR) is 71.3 cm³/mol. The summed E-state index contributed by atoms with van der Waals surface area (Å²) in [5, 5.41) is 2.95. The molecule has 0 bridgehead atoms. The lowest BCUT2D eigenvalue weighted by Crippen LogP contribution is -2.35. The first-order valence-electron chi connectivity index (χ1n) is 6.30. The van der Waals surface area contributed by atoms with Crippen LogP contribution in [0.4, 0.5) is 5.69 Å². The van der Waals surface area contributed by atoms with Crippen LogP contribution in [0.3, 0.4) is 0 Å². The number of amides is 1. The van der Waals surface area contributed by atoms with Gasteiger partial charge in [0.25, 0.3) is 0 Å². The van der Waals surface area contributed by atoms with Crippen molar-refractivity contribution >= 4 is 11.6 Å². The standard InChI is InChI=1S/C13H20N4O/c1-9(14)13-4-3-12(7-15-13)17-6-5-11(8-17)16-10(2)18/h3-4,7,9,11H,5-6,8,14H2,1-2H3,(H,16,18)/t9-,11?/m0/s1. The number of hydrogen-bond donors (Lipinski definition) is 2. The molecule has 1 aromatic heterocycles. The number of carbonyl (C=O) groups is 1. The first-order chi connectivity index (χ1) is 8.56. The lowest BCUT2D eigenvalue weighted by molar-refractivity contribution is -0.119. The van der Waals surface area contributed by atoms with Crippen molar-refractivity contribution in [1.82, 2.24) is 10.3 Å². The number of anilines is 1. The summed E-state index contributed by atoms with van der Waals surface area (Å²) in [6, 6.07) is 4.22. The van der Waals surface area contributed by atoms with E-state index in [1.807, 2.05) is 25.3 Å². The van der Waals surface area contributed by atoms with Crippen LogP contribution < -0.4 is 16.0 Å². The topological polar surface area (TPSA) is 71.2 Å². The Labute approximate surface area is 107 Å². The van der Waals surface area contributed by atoms with Gasteiger partial charge in [-0.15, -0.1) is 0 Å². The summed E-state index contributed by atoms with van der Waals surface area (Å²) >= 11 is 0. The molecule has 18 heavy (non-hydrogen) atoms. The molecule has 0 radical (unpaired) electrons. The molecule has 2 rings (SSSR count). The van der Waals surface area contributed by atoms with Crippen LogP contribution in [-0.4, -0.2) is 30.0 Å². The summed E-state index contributed by atoms with van der Waals surface area (Å²) in [4.78, 5) is 17.6. The van der Waals surface area contributed by atoms with Gasteiger partial charge in [-0.3, -0.25) is 9.78 Å². The van der Waals surface area contributed by atoms with Crippen LogP contribution in [0.1, 0.15) is 32.0 Å². The van der Waals surface area contributed by atoms with Crippen LogP contribution in [0.5, 0.6) is 0 Å². The Balaban J connectivity index is 1.98. The normalized spacial score (nSPS) is 20.8. The summed E-state index contributed by atoms with van der Waals surface area (Å²) in [5.74, 6) is 0.0345. The lowest BCUT2D eigenvalue weighted by Gasteiger charge is -2.19. The molecule has 1 unspecified atom stereocenters. The molecule has 1 amide bonds. The summed E-state index contributed by atoms with van der Waals surface area (Å²) in [6.45, 7) is 5.27. The molecular weight excluding hydrogens is 228 g/mol. The van der Waals surface area contributed by atoms with Crippen molar-refractivity contribution in [3.05, 3.63) is 24.0 Å². The zero-order chi connectivity index (χ0) is 13.1. The highest BCUT2D eigenvalue weighted by molar-refractivity contribution is 5.73. The molecule has 2 atom stereocenters. The van der Waals surface area contributed by atoms with Crippen molar-refractivity contribution in [3.8, 4) is 0 Å². The smallest absolute Gasteiger partial charge is 0.217 e. The molecule has 0 spiro atoms. The van der Waals surface area contributed by atoms with Gasteiger partial charge in [-0.1, -0.05) is 0 Å². The van der Waals surface area contributed by atoms with E-state index >= 15 is 0 Å². The average Bonchev–Trinajstić information content (AvgIpc) is 2.76. The largest absolute Gasteiger partial charge is 0.368 e. The Bertz CT molecular complexity index is 416. The first kappa shape index (κ1) is 12.8. The van der Waals surface area contributed by atoms with E-state index in [0.29, 0.717) is 0 Å². The molecule has 1 saturated heterocycles. The van der Waals surface area contributed by atoms with Gasteiger partial charge in [0.1, 0.15) is 0 Å². The fourth-order valence-electron chi connectivity index (χ4n) is 2.25. The second kappa shape index (κ2) is 5.35. The van der Waals surface area contributed by atoms with E-state index in [-0.39, 0.29) is 18.0 Å². The quantitative estimate of drug-likeness (QED) is 0.830. The highest BCUT2D eigenvalue weighted by Crippen LogP contribution is 2.20. The third-order valence-electron chi connectivity index (χ3n) is 3.20. The second-order valence-corrected chi connectivity index (χ2v) is 4.86. The van der Waals surface area contributed by atoms with Crippen molar-refractivity contribution < 1.29 is 4.79 Å². The molecule has 1 aliphatic heterocycles. The van der Waals surface area contributed by atoms with Crippen molar-refractivity contribution in [2.24, 2.45) is 5.73 Å². The SMILES string of the molecule is CC(=O)NC1CCN(c2ccc([C@H](C)N)nc2)C1. The summed E-state index contributed by atoms with van der Waals surface area (Å²) in [5.41, 5.74) is 7.76. The highest BCUT2D eigenvalue weighted by Gasteiger charge is 2.23. The molecular formula is C13H20N4O. The summed E-state index contributed by atoms with van der Waals surface area (Å²) in [6.07, 6.45) is 2.84. The molecule has 0 aromatic carbocycles. The second-order valence-electron chi connectivity index (χ2n) is 4.86. The molecule has 1 fully saturated rings. The maximum Gasteiger partial charge on any atom is 0.217 e. The Kier molecular flexibility index (Phi) is 3.81. The minimum Gasteiger partial charge on any atom is -0.368 e.